The Morgan fingerprint density at radius 1 is 1.13 bits per heavy atom. The molecule has 2 N–H and O–H groups in total. The lowest BCUT2D eigenvalue weighted by molar-refractivity contribution is 0.682. The molecule has 0 radical (unpaired) electrons. The quantitative estimate of drug-likeness (QED) is 0.728. The number of H-pyrrole nitrogens is 2. The fourth-order valence-electron chi connectivity index (χ4n) is 2.32. The van der Waals surface area contributed by atoms with Gasteiger partial charge in [-0.3, -0.25) is 19.4 Å². The minimum atomic E-state index is -0.456. The summed E-state index contributed by atoms with van der Waals surface area (Å²) in [5.41, 5.74) is 0.884. The molecule has 3 rings (SSSR count). The van der Waals surface area contributed by atoms with Gasteiger partial charge < -0.3 is 0 Å². The summed E-state index contributed by atoms with van der Waals surface area (Å²) < 4.78 is 1.40. The van der Waals surface area contributed by atoms with E-state index in [1.165, 1.54) is 16.3 Å². The number of rotatable bonds is 5. The number of aromatic amines is 2. The predicted molar refractivity (Wildman–Crippen MR) is 85.4 cm³/mol. The number of nitrogens with zero attached hydrogens (tertiary/aromatic N) is 3. The summed E-state index contributed by atoms with van der Waals surface area (Å²) in [6, 6.07) is 10.1. The van der Waals surface area contributed by atoms with Gasteiger partial charge in [0.2, 0.25) is 0 Å². The number of aromatic nitrogens is 5. The van der Waals surface area contributed by atoms with Crippen molar-refractivity contribution in [1.82, 2.24) is 24.7 Å². The highest BCUT2D eigenvalue weighted by molar-refractivity contribution is 5.15. The van der Waals surface area contributed by atoms with E-state index in [1.807, 2.05) is 18.2 Å². The summed E-state index contributed by atoms with van der Waals surface area (Å²) in [4.78, 5) is 29.8. The van der Waals surface area contributed by atoms with Crippen LogP contribution in [0.25, 0.3) is 0 Å². The van der Waals surface area contributed by atoms with E-state index in [9.17, 15) is 9.59 Å². The number of hydrogen-bond donors (Lipinski definition) is 2. The molecule has 0 aliphatic carbocycles. The average Bonchev–Trinajstić information content (AvgIpc) is 2.99. The van der Waals surface area contributed by atoms with Gasteiger partial charge in [-0.25, -0.2) is 9.78 Å². The first-order valence-corrected chi connectivity index (χ1v) is 7.36. The summed E-state index contributed by atoms with van der Waals surface area (Å²) in [6.07, 6.45) is 3.10. The van der Waals surface area contributed by atoms with Crippen LogP contribution in [0.5, 0.6) is 0 Å². The molecule has 0 fully saturated rings. The highest BCUT2D eigenvalue weighted by Crippen LogP contribution is 2.04. The zero-order chi connectivity index (χ0) is 16.2. The second-order valence-corrected chi connectivity index (χ2v) is 5.38. The van der Waals surface area contributed by atoms with E-state index in [2.05, 4.69) is 32.3 Å². The van der Waals surface area contributed by atoms with Crippen molar-refractivity contribution < 1.29 is 0 Å². The second-order valence-electron chi connectivity index (χ2n) is 5.38. The van der Waals surface area contributed by atoms with Crippen LogP contribution in [0, 0.1) is 6.92 Å². The van der Waals surface area contributed by atoms with E-state index in [0.29, 0.717) is 17.2 Å². The van der Waals surface area contributed by atoms with Crippen molar-refractivity contribution in [1.29, 1.82) is 0 Å². The SMILES string of the molecule is Cc1cn(Cc2nc(CCc3ccccc3)n[nH]2)c(=O)[nH]c1=O. The maximum Gasteiger partial charge on any atom is 0.328 e. The average molecular weight is 311 g/mol. The zero-order valence-corrected chi connectivity index (χ0v) is 12.7. The molecule has 23 heavy (non-hydrogen) atoms. The van der Waals surface area contributed by atoms with Crippen molar-refractivity contribution in [3.63, 3.8) is 0 Å². The molecule has 7 heteroatoms. The van der Waals surface area contributed by atoms with Crippen LogP contribution < -0.4 is 11.2 Å². The van der Waals surface area contributed by atoms with Gasteiger partial charge >= 0.3 is 5.69 Å². The molecule has 0 bridgehead atoms. The van der Waals surface area contributed by atoms with Gasteiger partial charge in [-0.1, -0.05) is 30.3 Å². The summed E-state index contributed by atoms with van der Waals surface area (Å²) in [6.45, 7) is 1.90. The third-order valence-electron chi connectivity index (χ3n) is 3.57. The molecule has 0 atom stereocenters. The summed E-state index contributed by atoms with van der Waals surface area (Å²) in [5, 5.41) is 7.01. The molecule has 1 aromatic carbocycles. The second kappa shape index (κ2) is 6.43. The lowest BCUT2D eigenvalue weighted by Crippen LogP contribution is -2.31. The van der Waals surface area contributed by atoms with Crippen molar-refractivity contribution in [2.75, 3.05) is 0 Å². The summed E-state index contributed by atoms with van der Waals surface area (Å²) in [7, 11) is 0. The molecule has 0 unspecified atom stereocenters. The van der Waals surface area contributed by atoms with Crippen molar-refractivity contribution in [2.45, 2.75) is 26.3 Å². The van der Waals surface area contributed by atoms with Gasteiger partial charge in [0.05, 0.1) is 6.54 Å². The van der Waals surface area contributed by atoms with Crippen LogP contribution in [0.1, 0.15) is 22.8 Å². The number of benzene rings is 1. The van der Waals surface area contributed by atoms with Gasteiger partial charge in [-0.05, 0) is 18.9 Å². The molecule has 2 heterocycles. The predicted octanol–water partition coefficient (Wildman–Crippen LogP) is 0.797. The summed E-state index contributed by atoms with van der Waals surface area (Å²) in [5.74, 6) is 1.29. The molecule has 0 saturated carbocycles. The molecular weight excluding hydrogens is 294 g/mol. The number of nitrogens with one attached hydrogen (secondary N) is 2. The minimum absolute atomic E-state index is 0.245. The van der Waals surface area contributed by atoms with Crippen molar-refractivity contribution >= 4 is 0 Å². The molecule has 118 valence electrons. The Balaban J connectivity index is 1.69. The van der Waals surface area contributed by atoms with Gasteiger partial charge in [0.25, 0.3) is 5.56 Å². The van der Waals surface area contributed by atoms with E-state index in [4.69, 9.17) is 0 Å². The van der Waals surface area contributed by atoms with Crippen molar-refractivity contribution in [2.24, 2.45) is 0 Å². The van der Waals surface area contributed by atoms with Crippen molar-refractivity contribution in [3.8, 4) is 0 Å². The monoisotopic (exact) mass is 311 g/mol. The highest BCUT2D eigenvalue weighted by Gasteiger charge is 2.07. The van der Waals surface area contributed by atoms with Gasteiger partial charge in [0.15, 0.2) is 5.82 Å². The Bertz CT molecular complexity index is 908. The minimum Gasteiger partial charge on any atom is -0.293 e. The smallest absolute Gasteiger partial charge is 0.293 e. The van der Waals surface area contributed by atoms with Crippen LogP contribution in [0.2, 0.25) is 0 Å². The molecule has 2 aromatic heterocycles. The molecule has 0 spiro atoms. The first kappa shape index (κ1) is 15.0. The third kappa shape index (κ3) is 3.63. The number of aryl methyl sites for hydroxylation is 3. The zero-order valence-electron chi connectivity index (χ0n) is 12.7. The lowest BCUT2D eigenvalue weighted by Gasteiger charge is -2.02. The third-order valence-corrected chi connectivity index (χ3v) is 3.57. The molecule has 0 aliphatic heterocycles. The van der Waals surface area contributed by atoms with Crippen LogP contribution in [0.4, 0.5) is 0 Å². The summed E-state index contributed by atoms with van der Waals surface area (Å²) >= 11 is 0. The Hall–Kier alpha value is -2.96. The first-order chi connectivity index (χ1) is 11.1. The van der Waals surface area contributed by atoms with Crippen molar-refractivity contribution in [3.05, 3.63) is 80.1 Å². The maximum absolute atomic E-state index is 11.8. The van der Waals surface area contributed by atoms with Crippen LogP contribution in [-0.4, -0.2) is 24.7 Å². The fraction of sp³-hybridized carbons (Fsp3) is 0.250. The number of hydrogen-bond acceptors (Lipinski definition) is 4. The molecule has 0 aliphatic rings. The van der Waals surface area contributed by atoms with Gasteiger partial charge in [-0.15, -0.1) is 0 Å². The molecule has 3 aromatic rings. The van der Waals surface area contributed by atoms with E-state index in [-0.39, 0.29) is 12.1 Å². The maximum atomic E-state index is 11.8. The Kier molecular flexibility index (Phi) is 4.18. The standard InChI is InChI=1S/C16H17N5O2/c1-11-9-21(16(23)18-15(11)22)10-14-17-13(19-20-14)8-7-12-5-3-2-4-6-12/h2-6,9H,7-8,10H2,1H3,(H,17,19,20)(H,18,22,23). The molecule has 0 saturated heterocycles. The Morgan fingerprint density at radius 2 is 1.91 bits per heavy atom. The van der Waals surface area contributed by atoms with E-state index >= 15 is 0 Å². The topological polar surface area (TPSA) is 96.4 Å². The van der Waals surface area contributed by atoms with Gasteiger partial charge in [-0.2, -0.15) is 5.10 Å². The Labute approximate surface area is 132 Å². The molecule has 0 amide bonds. The van der Waals surface area contributed by atoms with Gasteiger partial charge in [0.1, 0.15) is 5.82 Å². The van der Waals surface area contributed by atoms with Crippen LogP contribution in [0.3, 0.4) is 0 Å². The van der Waals surface area contributed by atoms with Crippen LogP contribution in [-0.2, 0) is 19.4 Å². The largest absolute Gasteiger partial charge is 0.328 e. The van der Waals surface area contributed by atoms with E-state index in [1.54, 1.807) is 6.92 Å². The first-order valence-electron chi connectivity index (χ1n) is 7.36. The fourth-order valence-corrected chi connectivity index (χ4v) is 2.32. The van der Waals surface area contributed by atoms with Crippen LogP contribution in [0.15, 0.2) is 46.1 Å². The molecular formula is C16H17N5O2. The van der Waals surface area contributed by atoms with E-state index in [0.717, 1.165) is 12.8 Å². The van der Waals surface area contributed by atoms with Gasteiger partial charge in [0, 0.05) is 18.2 Å². The molecule has 7 nitrogen and oxygen atoms in total. The highest BCUT2D eigenvalue weighted by atomic mass is 16.2. The van der Waals surface area contributed by atoms with E-state index < -0.39 is 5.69 Å². The van der Waals surface area contributed by atoms with Crippen LogP contribution >= 0.6 is 0 Å². The normalized spacial score (nSPS) is 10.8. The lowest BCUT2D eigenvalue weighted by atomic mass is 10.1. The Morgan fingerprint density at radius 3 is 2.70 bits per heavy atom.